The van der Waals surface area contributed by atoms with E-state index in [-0.39, 0.29) is 6.10 Å². The maximum atomic E-state index is 5.31. The van der Waals surface area contributed by atoms with Crippen LogP contribution in [0.15, 0.2) is 12.6 Å². The minimum Gasteiger partial charge on any atom is -0.435 e. The molecule has 0 N–H and O–H groups in total. The normalized spacial score (nSPS) is 11.4. The quantitative estimate of drug-likeness (QED) is 0.557. The third-order valence-electron chi connectivity index (χ3n) is 1.09. The summed E-state index contributed by atoms with van der Waals surface area (Å²) in [6, 6.07) is 0. The summed E-state index contributed by atoms with van der Waals surface area (Å²) in [5.41, 5.74) is -0.390. The van der Waals surface area contributed by atoms with Crippen LogP contribution in [0.2, 0.25) is 0 Å². The van der Waals surface area contributed by atoms with Crippen LogP contribution in [0.4, 0.5) is 0 Å². The van der Waals surface area contributed by atoms with Crippen molar-refractivity contribution in [3.63, 3.8) is 0 Å². The fourth-order valence-corrected chi connectivity index (χ4v) is 0.551. The minimum absolute atomic E-state index is 0.191. The second kappa shape index (κ2) is 5.44. The molecule has 0 aliphatic rings. The first kappa shape index (κ1) is 11.8. The topological polar surface area (TPSA) is 18.5 Å². The standard InChI is InChI=1S/C8H16B2O2/c1-6-9-12-8(4,5)10-11-7(2)3/h6-7H,1H2,2-5H3. The Hall–Kier alpha value is -0.210. The van der Waals surface area contributed by atoms with Crippen molar-refractivity contribution in [2.45, 2.75) is 39.3 Å². The zero-order valence-corrected chi connectivity index (χ0v) is 8.33. The van der Waals surface area contributed by atoms with Gasteiger partial charge in [-0.05, 0) is 27.7 Å². The molecule has 2 radical (unpaired) electrons. The predicted molar refractivity (Wildman–Crippen MR) is 53.1 cm³/mol. The summed E-state index contributed by atoms with van der Waals surface area (Å²) in [6.07, 6.45) is 0.191. The zero-order chi connectivity index (χ0) is 9.61. The van der Waals surface area contributed by atoms with E-state index in [0.717, 1.165) is 0 Å². The highest BCUT2D eigenvalue weighted by atomic mass is 16.5. The average Bonchev–Trinajstić information content (AvgIpc) is 1.98. The summed E-state index contributed by atoms with van der Waals surface area (Å²) < 4.78 is 10.6. The van der Waals surface area contributed by atoms with Gasteiger partial charge in [-0.1, -0.05) is 5.98 Å². The molecule has 0 saturated heterocycles. The van der Waals surface area contributed by atoms with Crippen molar-refractivity contribution in [3.8, 4) is 0 Å². The van der Waals surface area contributed by atoms with E-state index in [9.17, 15) is 0 Å². The van der Waals surface area contributed by atoms with Gasteiger partial charge in [-0.2, -0.15) is 0 Å². The van der Waals surface area contributed by atoms with Crippen molar-refractivity contribution in [2.75, 3.05) is 0 Å². The Balaban J connectivity index is 3.62. The van der Waals surface area contributed by atoms with Crippen LogP contribution in [-0.2, 0) is 9.31 Å². The largest absolute Gasteiger partial charge is 0.435 e. The second-order valence-electron chi connectivity index (χ2n) is 3.40. The Morgan fingerprint density at radius 3 is 2.42 bits per heavy atom. The van der Waals surface area contributed by atoms with E-state index in [1.165, 1.54) is 0 Å². The number of rotatable bonds is 6. The monoisotopic (exact) mass is 166 g/mol. The molecule has 0 bridgehead atoms. The van der Waals surface area contributed by atoms with Gasteiger partial charge in [-0.15, -0.1) is 6.58 Å². The highest BCUT2D eigenvalue weighted by Gasteiger charge is 2.21. The molecule has 12 heavy (non-hydrogen) atoms. The van der Waals surface area contributed by atoms with Gasteiger partial charge in [0.05, 0.1) is 0 Å². The molecule has 0 spiro atoms. The molecule has 0 aromatic heterocycles. The molecule has 0 aromatic rings. The predicted octanol–water partition coefficient (Wildman–Crippen LogP) is 1.55. The van der Waals surface area contributed by atoms with Crippen LogP contribution in [0.1, 0.15) is 27.7 Å². The van der Waals surface area contributed by atoms with E-state index in [2.05, 4.69) is 6.58 Å². The van der Waals surface area contributed by atoms with Crippen molar-refractivity contribution in [1.82, 2.24) is 0 Å². The van der Waals surface area contributed by atoms with Gasteiger partial charge in [0.2, 0.25) is 0 Å². The Kier molecular flexibility index (Phi) is 5.34. The molecule has 0 aliphatic carbocycles. The zero-order valence-electron chi connectivity index (χ0n) is 8.33. The third-order valence-corrected chi connectivity index (χ3v) is 1.09. The van der Waals surface area contributed by atoms with Crippen LogP contribution >= 0.6 is 0 Å². The first-order valence-electron chi connectivity index (χ1n) is 4.10. The second-order valence-corrected chi connectivity index (χ2v) is 3.40. The molecule has 0 unspecified atom stereocenters. The molecule has 0 amide bonds. The SMILES string of the molecule is C=C[B]OC(C)(C)[B]OC(C)C. The van der Waals surface area contributed by atoms with E-state index < -0.39 is 5.50 Å². The van der Waals surface area contributed by atoms with Crippen LogP contribution in [0, 0.1) is 0 Å². The number of hydrogen-bond donors (Lipinski definition) is 0. The van der Waals surface area contributed by atoms with Gasteiger partial charge >= 0.3 is 15.0 Å². The molecule has 0 heterocycles. The van der Waals surface area contributed by atoms with Gasteiger partial charge in [-0.25, -0.2) is 0 Å². The maximum absolute atomic E-state index is 5.31. The summed E-state index contributed by atoms with van der Waals surface area (Å²) >= 11 is 0. The van der Waals surface area contributed by atoms with Gasteiger partial charge in [0.25, 0.3) is 0 Å². The van der Waals surface area contributed by atoms with Gasteiger partial charge in [0.15, 0.2) is 0 Å². The Bertz CT molecular complexity index is 135. The van der Waals surface area contributed by atoms with Crippen LogP contribution < -0.4 is 0 Å². The molecule has 4 heteroatoms. The molecule has 66 valence electrons. The molecule has 0 atom stereocenters. The molecule has 0 rings (SSSR count). The van der Waals surface area contributed by atoms with E-state index in [0.29, 0.717) is 0 Å². The first-order chi connectivity index (χ1) is 5.48. The van der Waals surface area contributed by atoms with Gasteiger partial charge in [0.1, 0.15) is 0 Å². The van der Waals surface area contributed by atoms with Crippen LogP contribution in [0.5, 0.6) is 0 Å². The van der Waals surface area contributed by atoms with E-state index in [4.69, 9.17) is 9.31 Å². The summed E-state index contributed by atoms with van der Waals surface area (Å²) in [4.78, 5) is 0. The van der Waals surface area contributed by atoms with E-state index in [1.807, 2.05) is 27.7 Å². The van der Waals surface area contributed by atoms with Crippen LogP contribution in [-0.4, -0.2) is 26.6 Å². The molecular formula is C8H16B2O2. The summed E-state index contributed by atoms with van der Waals surface area (Å²) in [5.74, 6) is 1.60. The lowest BCUT2D eigenvalue weighted by atomic mass is 9.76. The average molecular weight is 166 g/mol. The van der Waals surface area contributed by atoms with Crippen molar-refractivity contribution < 1.29 is 9.31 Å². The molecule has 0 aliphatic heterocycles. The van der Waals surface area contributed by atoms with Crippen molar-refractivity contribution in [2.24, 2.45) is 0 Å². The lowest BCUT2D eigenvalue weighted by Gasteiger charge is -2.24. The maximum Gasteiger partial charge on any atom is 0.325 e. The highest BCUT2D eigenvalue weighted by Crippen LogP contribution is 2.07. The Labute approximate surface area is 76.9 Å². The van der Waals surface area contributed by atoms with Gasteiger partial charge in [-0.3, -0.25) is 0 Å². The van der Waals surface area contributed by atoms with Crippen LogP contribution in [0.25, 0.3) is 0 Å². The molecule has 0 saturated carbocycles. The van der Waals surface area contributed by atoms with E-state index in [1.54, 1.807) is 20.9 Å². The van der Waals surface area contributed by atoms with Crippen molar-refractivity contribution in [1.29, 1.82) is 0 Å². The Morgan fingerprint density at radius 2 is 2.00 bits per heavy atom. The molecule has 2 nitrogen and oxygen atoms in total. The van der Waals surface area contributed by atoms with Crippen LogP contribution in [0.3, 0.4) is 0 Å². The van der Waals surface area contributed by atoms with E-state index >= 15 is 0 Å². The molecule has 0 fully saturated rings. The lowest BCUT2D eigenvalue weighted by molar-refractivity contribution is 0.158. The lowest BCUT2D eigenvalue weighted by Crippen LogP contribution is -2.36. The van der Waals surface area contributed by atoms with Crippen molar-refractivity contribution >= 4 is 15.0 Å². The van der Waals surface area contributed by atoms with Gasteiger partial charge in [0, 0.05) is 11.6 Å². The Morgan fingerprint density at radius 1 is 1.42 bits per heavy atom. The molecular weight excluding hydrogens is 150 g/mol. The fourth-order valence-electron chi connectivity index (χ4n) is 0.551. The molecule has 0 aromatic carbocycles. The highest BCUT2D eigenvalue weighted by molar-refractivity contribution is 6.38. The fraction of sp³-hybridized carbons (Fsp3) is 0.750. The summed E-state index contributed by atoms with van der Waals surface area (Å²) in [7, 11) is 3.25. The summed E-state index contributed by atoms with van der Waals surface area (Å²) in [6.45, 7) is 11.3. The third kappa shape index (κ3) is 6.50. The first-order valence-corrected chi connectivity index (χ1v) is 4.10. The minimum atomic E-state index is -0.390. The van der Waals surface area contributed by atoms with Crippen molar-refractivity contribution in [3.05, 3.63) is 12.6 Å². The smallest absolute Gasteiger partial charge is 0.325 e. The number of hydrogen-bond acceptors (Lipinski definition) is 2. The summed E-state index contributed by atoms with van der Waals surface area (Å²) in [5, 5.41) is 0. The van der Waals surface area contributed by atoms with Gasteiger partial charge < -0.3 is 9.31 Å².